The Kier molecular flexibility index (Phi) is 11.9. The Morgan fingerprint density at radius 2 is 2.12 bits per heavy atom. The molecule has 1 aromatic carbocycles. The first kappa shape index (κ1) is 23.2. The van der Waals surface area contributed by atoms with Crippen LogP contribution in [0.15, 0.2) is 35.3 Å². The maximum atomic E-state index is 5.18. The van der Waals surface area contributed by atoms with Crippen molar-refractivity contribution in [3.8, 4) is 0 Å². The molecule has 1 heterocycles. The van der Waals surface area contributed by atoms with E-state index >= 15 is 0 Å². The molecule has 0 radical (unpaired) electrons. The molecule has 1 fully saturated rings. The molecular weight excluding hydrogens is 439 g/mol. The third kappa shape index (κ3) is 8.68. The number of rotatable bonds is 9. The summed E-state index contributed by atoms with van der Waals surface area (Å²) < 4.78 is 5.18. The summed E-state index contributed by atoms with van der Waals surface area (Å²) >= 11 is 0. The first-order valence-electron chi connectivity index (χ1n) is 9.51. The lowest BCUT2D eigenvalue weighted by molar-refractivity contribution is 0.159. The van der Waals surface area contributed by atoms with Crippen LogP contribution in [0.2, 0.25) is 0 Å². The van der Waals surface area contributed by atoms with Crippen LogP contribution in [0, 0.1) is 5.92 Å². The number of likely N-dealkylation sites (tertiary alicyclic amines) is 1. The van der Waals surface area contributed by atoms with Gasteiger partial charge in [-0.25, -0.2) is 4.99 Å². The van der Waals surface area contributed by atoms with E-state index in [2.05, 4.69) is 53.6 Å². The van der Waals surface area contributed by atoms with E-state index in [-0.39, 0.29) is 24.0 Å². The lowest BCUT2D eigenvalue weighted by atomic mass is 10.1. The number of hydrogen-bond donors (Lipinski definition) is 2. The summed E-state index contributed by atoms with van der Waals surface area (Å²) in [6, 6.07) is 10.8. The fourth-order valence-electron chi connectivity index (χ4n) is 2.99. The second kappa shape index (κ2) is 13.3. The summed E-state index contributed by atoms with van der Waals surface area (Å²) in [5.41, 5.74) is 1.24. The SMILES string of the molecule is CCC(C)NC(=NCc1ccccc1)NCC1CCN(CCOC)C1.I. The Balaban J connectivity index is 0.00000338. The van der Waals surface area contributed by atoms with Gasteiger partial charge in [-0.1, -0.05) is 37.3 Å². The highest BCUT2D eigenvalue weighted by atomic mass is 127. The van der Waals surface area contributed by atoms with Crippen molar-refractivity contribution in [1.82, 2.24) is 15.5 Å². The zero-order chi connectivity index (χ0) is 17.9. The van der Waals surface area contributed by atoms with Crippen molar-refractivity contribution in [3.05, 3.63) is 35.9 Å². The van der Waals surface area contributed by atoms with E-state index in [4.69, 9.17) is 9.73 Å². The van der Waals surface area contributed by atoms with Crippen LogP contribution in [0.25, 0.3) is 0 Å². The standard InChI is InChI=1S/C20H34N4O.HI/c1-4-17(2)23-20(21-14-18-8-6-5-7-9-18)22-15-19-10-11-24(16-19)12-13-25-3;/h5-9,17,19H,4,10-16H2,1-3H3,(H2,21,22,23);1H. The third-order valence-corrected chi connectivity index (χ3v) is 4.80. The molecule has 2 unspecified atom stereocenters. The minimum atomic E-state index is 0. The molecular formula is C20H35IN4O. The maximum Gasteiger partial charge on any atom is 0.191 e. The van der Waals surface area contributed by atoms with Gasteiger partial charge in [0.15, 0.2) is 5.96 Å². The van der Waals surface area contributed by atoms with E-state index in [0.717, 1.165) is 38.6 Å². The van der Waals surface area contributed by atoms with Gasteiger partial charge in [-0.05, 0) is 37.8 Å². The molecule has 0 bridgehead atoms. The van der Waals surface area contributed by atoms with Crippen molar-refractivity contribution in [3.63, 3.8) is 0 Å². The fourth-order valence-corrected chi connectivity index (χ4v) is 2.99. The molecule has 1 aromatic rings. The predicted molar refractivity (Wildman–Crippen MR) is 120 cm³/mol. The Morgan fingerprint density at radius 3 is 2.81 bits per heavy atom. The van der Waals surface area contributed by atoms with Gasteiger partial charge in [-0.3, -0.25) is 0 Å². The number of halogens is 1. The van der Waals surface area contributed by atoms with E-state index in [0.29, 0.717) is 18.5 Å². The molecule has 2 rings (SSSR count). The van der Waals surface area contributed by atoms with Crippen LogP contribution in [0.4, 0.5) is 0 Å². The van der Waals surface area contributed by atoms with Crippen LogP contribution in [-0.2, 0) is 11.3 Å². The number of guanidine groups is 1. The van der Waals surface area contributed by atoms with Gasteiger partial charge in [0.2, 0.25) is 0 Å². The molecule has 0 amide bonds. The van der Waals surface area contributed by atoms with Crippen molar-refractivity contribution in [2.75, 3.05) is 39.9 Å². The normalized spacial score (nSPS) is 19.0. The number of nitrogens with one attached hydrogen (secondary N) is 2. The van der Waals surface area contributed by atoms with Gasteiger partial charge in [0, 0.05) is 32.8 Å². The minimum absolute atomic E-state index is 0. The lowest BCUT2D eigenvalue weighted by Gasteiger charge is -2.20. The zero-order valence-corrected chi connectivity index (χ0v) is 18.7. The molecule has 6 heteroatoms. The van der Waals surface area contributed by atoms with Crippen molar-refractivity contribution in [2.24, 2.45) is 10.9 Å². The summed E-state index contributed by atoms with van der Waals surface area (Å²) in [5.74, 6) is 1.60. The number of aliphatic imine (C=N–C) groups is 1. The molecule has 148 valence electrons. The third-order valence-electron chi connectivity index (χ3n) is 4.80. The summed E-state index contributed by atoms with van der Waals surface area (Å²) in [6.07, 6.45) is 2.33. The topological polar surface area (TPSA) is 48.9 Å². The molecule has 0 aromatic heterocycles. The van der Waals surface area contributed by atoms with E-state index in [1.54, 1.807) is 7.11 Å². The van der Waals surface area contributed by atoms with Crippen LogP contribution in [-0.4, -0.2) is 56.8 Å². The van der Waals surface area contributed by atoms with Crippen LogP contribution in [0.5, 0.6) is 0 Å². The number of nitrogens with zero attached hydrogens (tertiary/aromatic N) is 2. The van der Waals surface area contributed by atoms with E-state index in [1.165, 1.54) is 18.5 Å². The lowest BCUT2D eigenvalue weighted by Crippen LogP contribution is -2.44. The summed E-state index contributed by atoms with van der Waals surface area (Å²) in [5, 5.41) is 7.07. The average Bonchev–Trinajstić information content (AvgIpc) is 3.10. The Bertz CT molecular complexity index is 512. The van der Waals surface area contributed by atoms with E-state index < -0.39 is 0 Å². The Morgan fingerprint density at radius 1 is 1.35 bits per heavy atom. The second-order valence-corrected chi connectivity index (χ2v) is 6.93. The summed E-state index contributed by atoms with van der Waals surface area (Å²) in [6.45, 7) is 10.2. The van der Waals surface area contributed by atoms with Gasteiger partial charge >= 0.3 is 0 Å². The van der Waals surface area contributed by atoms with Crippen molar-refractivity contribution in [2.45, 2.75) is 39.3 Å². The van der Waals surface area contributed by atoms with Crippen molar-refractivity contribution in [1.29, 1.82) is 0 Å². The van der Waals surface area contributed by atoms with Gasteiger partial charge in [0.05, 0.1) is 13.2 Å². The first-order chi connectivity index (χ1) is 12.2. The highest BCUT2D eigenvalue weighted by Crippen LogP contribution is 2.14. The highest BCUT2D eigenvalue weighted by Gasteiger charge is 2.22. The number of methoxy groups -OCH3 is 1. The number of benzene rings is 1. The van der Waals surface area contributed by atoms with Gasteiger partial charge in [0.25, 0.3) is 0 Å². The number of ether oxygens (including phenoxy) is 1. The highest BCUT2D eigenvalue weighted by molar-refractivity contribution is 14.0. The number of hydrogen-bond acceptors (Lipinski definition) is 3. The molecule has 1 aliphatic heterocycles. The maximum absolute atomic E-state index is 5.18. The van der Waals surface area contributed by atoms with Crippen LogP contribution < -0.4 is 10.6 Å². The molecule has 1 aliphatic rings. The summed E-state index contributed by atoms with van der Waals surface area (Å²) in [4.78, 5) is 7.26. The molecule has 0 aliphatic carbocycles. The Labute approximate surface area is 176 Å². The quantitative estimate of drug-likeness (QED) is 0.328. The Hall–Kier alpha value is -0.860. The van der Waals surface area contributed by atoms with Gasteiger partial charge in [-0.15, -0.1) is 24.0 Å². The molecule has 1 saturated heterocycles. The minimum Gasteiger partial charge on any atom is -0.383 e. The van der Waals surface area contributed by atoms with Crippen LogP contribution >= 0.6 is 24.0 Å². The molecule has 2 N–H and O–H groups in total. The smallest absolute Gasteiger partial charge is 0.191 e. The van der Waals surface area contributed by atoms with E-state index in [9.17, 15) is 0 Å². The molecule has 2 atom stereocenters. The molecule has 5 nitrogen and oxygen atoms in total. The fraction of sp³-hybridized carbons (Fsp3) is 0.650. The monoisotopic (exact) mass is 474 g/mol. The van der Waals surface area contributed by atoms with Crippen molar-refractivity contribution < 1.29 is 4.74 Å². The average molecular weight is 474 g/mol. The largest absolute Gasteiger partial charge is 0.383 e. The van der Waals surface area contributed by atoms with E-state index in [1.807, 2.05) is 6.07 Å². The second-order valence-electron chi connectivity index (χ2n) is 6.93. The van der Waals surface area contributed by atoms with Crippen molar-refractivity contribution >= 4 is 29.9 Å². The predicted octanol–water partition coefficient (Wildman–Crippen LogP) is 3.11. The van der Waals surface area contributed by atoms with Gasteiger partial charge in [-0.2, -0.15) is 0 Å². The molecule has 0 saturated carbocycles. The van der Waals surface area contributed by atoms with Crippen LogP contribution in [0.3, 0.4) is 0 Å². The summed E-state index contributed by atoms with van der Waals surface area (Å²) in [7, 11) is 1.77. The van der Waals surface area contributed by atoms with Crippen LogP contribution in [0.1, 0.15) is 32.3 Å². The molecule has 26 heavy (non-hydrogen) atoms. The van der Waals surface area contributed by atoms with Gasteiger partial charge < -0.3 is 20.3 Å². The molecule has 0 spiro atoms. The first-order valence-corrected chi connectivity index (χ1v) is 9.51. The zero-order valence-electron chi connectivity index (χ0n) is 16.4. The van der Waals surface area contributed by atoms with Gasteiger partial charge in [0.1, 0.15) is 0 Å².